The zero-order chi connectivity index (χ0) is 28.8. The Morgan fingerprint density at radius 1 is 0.914 bits per heavy atom. The summed E-state index contributed by atoms with van der Waals surface area (Å²) in [5.74, 6) is 0.300. The normalized spacial score (nSPS) is 10.8. The third kappa shape index (κ3) is 5.71. The lowest BCUT2D eigenvalue weighted by Gasteiger charge is -2.08. The number of aromatic nitrogens is 2. The third-order valence-electron chi connectivity index (χ3n) is 4.91. The van der Waals surface area contributed by atoms with Crippen LogP contribution in [-0.2, 0) is 4.79 Å². The van der Waals surface area contributed by atoms with Crippen LogP contribution in [0.3, 0.4) is 0 Å². The molecule has 0 aliphatic rings. The number of rotatable bonds is 4. The van der Waals surface area contributed by atoms with Crippen LogP contribution in [0.2, 0.25) is 0 Å². The molecule has 2 amide bonds. The van der Waals surface area contributed by atoms with E-state index in [-0.39, 0.29) is 18.8 Å². The van der Waals surface area contributed by atoms with E-state index in [2.05, 4.69) is 15.6 Å². The van der Waals surface area contributed by atoms with E-state index in [1.807, 2.05) is 79.0 Å². The maximum atomic E-state index is 12.3. The largest absolute Gasteiger partial charge is 0.322 e. The van der Waals surface area contributed by atoms with Gasteiger partial charge >= 0.3 is 0 Å². The molecule has 5 rings (SSSR count). The average molecular weight is 514 g/mol. The number of carbonyl (C=O) groups excluding carboxylic acids is 2. The zero-order valence-electron chi connectivity index (χ0n) is 23.0. The lowest BCUT2D eigenvalue weighted by atomic mass is 10.2. The Labute approximate surface area is 217 Å². The first-order valence-corrected chi connectivity index (χ1v) is 12.4. The first-order valence-electron chi connectivity index (χ1n) is 12.7. The summed E-state index contributed by atoms with van der Waals surface area (Å²) in [6.07, 6.45) is 0. The molecule has 182 valence electrons. The summed E-state index contributed by atoms with van der Waals surface area (Å²) in [5, 5.41) is 10.3. The fraction of sp³-hybridized carbons (Fsp3) is 0.0769. The SMILES string of the molecule is CC(=O)Nc1sccc1C(=O)Nc1ccccc1.Cc1nc2sccc2c(=O)n1-c1ccccc1.[2HH].[2H][2H].[2H][2H]. The predicted molar refractivity (Wildman–Crippen MR) is 149 cm³/mol. The molecule has 2 aromatic carbocycles. The van der Waals surface area contributed by atoms with Crippen molar-refractivity contribution in [3.63, 3.8) is 0 Å². The molecule has 0 atom stereocenters. The van der Waals surface area contributed by atoms with E-state index < -0.39 is 0 Å². The number of hydrogen-bond donors (Lipinski definition) is 2. The number of anilines is 2. The Bertz CT molecular complexity index is 1540. The van der Waals surface area contributed by atoms with E-state index in [4.69, 9.17) is 5.94 Å². The van der Waals surface area contributed by atoms with Crippen molar-refractivity contribution in [3.05, 3.63) is 105 Å². The van der Waals surface area contributed by atoms with Gasteiger partial charge < -0.3 is 10.6 Å². The summed E-state index contributed by atoms with van der Waals surface area (Å²) in [6, 6.07) is 22.3. The van der Waals surface area contributed by atoms with Crippen LogP contribution in [0.5, 0.6) is 0 Å². The number of para-hydroxylation sites is 2. The molecule has 0 aliphatic carbocycles. The molecule has 7 nitrogen and oxygen atoms in total. The van der Waals surface area contributed by atoms with Crippen molar-refractivity contribution in [1.82, 2.24) is 9.55 Å². The van der Waals surface area contributed by atoms with Crippen LogP contribution in [0.4, 0.5) is 10.7 Å². The molecule has 0 radical (unpaired) electrons. The highest BCUT2D eigenvalue weighted by molar-refractivity contribution is 7.16. The van der Waals surface area contributed by atoms with Crippen molar-refractivity contribution in [2.45, 2.75) is 13.8 Å². The highest BCUT2D eigenvalue weighted by Gasteiger charge is 2.14. The molecule has 35 heavy (non-hydrogen) atoms. The van der Waals surface area contributed by atoms with Gasteiger partial charge in [0.1, 0.15) is 15.7 Å². The maximum Gasteiger partial charge on any atom is 0.266 e. The summed E-state index contributed by atoms with van der Waals surface area (Å²) in [7, 11) is 0. The number of thiophene rings is 2. The number of fused-ring (bicyclic) bond motifs is 1. The summed E-state index contributed by atoms with van der Waals surface area (Å²) in [5.41, 5.74) is 2.05. The number of aryl methyl sites for hydroxylation is 1. The van der Waals surface area contributed by atoms with Gasteiger partial charge in [-0.1, -0.05) is 36.4 Å². The van der Waals surface area contributed by atoms with E-state index in [1.54, 1.807) is 16.0 Å². The molecule has 5 aromatic rings. The minimum absolute atomic E-state index is 0. The number of amides is 2. The van der Waals surface area contributed by atoms with Crippen LogP contribution in [0.1, 0.15) is 30.5 Å². The standard InChI is InChI=1S/C13H12N2O2S.C13H10N2OS.3H2/c1-9(16)14-13-11(7-8-18-13)12(17)15-10-5-3-2-4-6-10;1-9-14-12-11(7-8-17-12)13(16)15(9)10-5-3-2-4-6-10;;;/h2-8H,1H3,(H,14,16)(H,15,17);2-8H,1H3;3*1H/i;;2*1+1D;1+1. The number of nitrogens with one attached hydrogen (secondary N) is 2. The van der Waals surface area contributed by atoms with Gasteiger partial charge in [0, 0.05) is 20.0 Å². The summed E-state index contributed by atoms with van der Waals surface area (Å²) in [6.45, 7) is 3.27. The van der Waals surface area contributed by atoms with Gasteiger partial charge in [-0.15, -0.1) is 22.7 Å². The Hall–Kier alpha value is -4.08. The summed E-state index contributed by atoms with van der Waals surface area (Å²) >= 11 is 2.82. The number of hydrogen-bond acceptors (Lipinski definition) is 6. The second kappa shape index (κ2) is 10.9. The lowest BCUT2D eigenvalue weighted by molar-refractivity contribution is -0.114. The van der Waals surface area contributed by atoms with Crippen LogP contribution in [0.15, 0.2) is 88.4 Å². The number of nitrogens with zero attached hydrogens (tertiary/aromatic N) is 2. The molecular weight excluding hydrogens is 480 g/mol. The van der Waals surface area contributed by atoms with Gasteiger partial charge in [-0.25, -0.2) is 4.98 Å². The number of benzene rings is 2. The van der Waals surface area contributed by atoms with Crippen LogP contribution < -0.4 is 16.2 Å². The maximum absolute atomic E-state index is 12.3. The van der Waals surface area contributed by atoms with Gasteiger partial charge in [-0.05, 0) is 54.1 Å². The molecule has 0 fully saturated rings. The second-order valence-electron chi connectivity index (χ2n) is 7.44. The second-order valence-corrected chi connectivity index (χ2v) is 9.25. The lowest BCUT2D eigenvalue weighted by Crippen LogP contribution is -2.21. The highest BCUT2D eigenvalue weighted by atomic mass is 32.1. The summed E-state index contributed by atoms with van der Waals surface area (Å²) < 4.78 is 21.6. The van der Waals surface area contributed by atoms with Crippen LogP contribution in [0, 0.1) is 6.92 Å². The molecule has 0 saturated heterocycles. The first-order chi connectivity index (χ1) is 18.9. The van der Waals surface area contributed by atoms with Gasteiger partial charge in [-0.2, -0.15) is 0 Å². The Kier molecular flexibility index (Phi) is 6.68. The molecule has 3 aromatic heterocycles. The molecule has 0 aliphatic heterocycles. The van der Waals surface area contributed by atoms with Crippen molar-refractivity contribution >= 4 is 55.4 Å². The van der Waals surface area contributed by atoms with Gasteiger partial charge in [0.25, 0.3) is 11.5 Å². The molecule has 2 N–H and O–H groups in total. The van der Waals surface area contributed by atoms with Crippen molar-refractivity contribution in [1.29, 1.82) is 0 Å². The molecule has 0 unspecified atom stereocenters. The smallest absolute Gasteiger partial charge is 0.266 e. The quantitative estimate of drug-likeness (QED) is 0.289. The van der Waals surface area contributed by atoms with Crippen LogP contribution >= 0.6 is 22.7 Å². The van der Waals surface area contributed by atoms with Gasteiger partial charge in [-0.3, -0.25) is 19.0 Å². The van der Waals surface area contributed by atoms with Crippen molar-refractivity contribution in [2.24, 2.45) is 0 Å². The molecule has 0 spiro atoms. The molecule has 0 saturated carbocycles. The monoisotopic (exact) mass is 513 g/mol. The van der Waals surface area contributed by atoms with E-state index >= 15 is 0 Å². The average Bonchev–Trinajstić information content (AvgIpc) is 3.62. The third-order valence-corrected chi connectivity index (χ3v) is 6.55. The van der Waals surface area contributed by atoms with Crippen molar-refractivity contribution < 1.29 is 17.0 Å². The molecule has 0 bridgehead atoms. The van der Waals surface area contributed by atoms with Crippen LogP contribution in [-0.4, -0.2) is 21.4 Å². The van der Waals surface area contributed by atoms with Crippen molar-refractivity contribution in [3.8, 4) is 5.69 Å². The molecular formula is C26H28N4O3S2. The topological polar surface area (TPSA) is 93.1 Å². The Morgan fingerprint density at radius 3 is 2.26 bits per heavy atom. The first kappa shape index (κ1) is 21.5. The van der Waals surface area contributed by atoms with E-state index in [0.717, 1.165) is 22.0 Å². The zero-order valence-corrected chi connectivity index (χ0v) is 20.7. The van der Waals surface area contributed by atoms with Crippen LogP contribution in [0.25, 0.3) is 15.9 Å². The van der Waals surface area contributed by atoms with Gasteiger partial charge in [0.05, 0.1) is 16.6 Å². The Morgan fingerprint density at radius 2 is 1.57 bits per heavy atom. The van der Waals surface area contributed by atoms with E-state index in [9.17, 15) is 14.4 Å². The molecule has 9 heteroatoms. The molecule has 3 heterocycles. The minimum atomic E-state index is -0.230. The minimum Gasteiger partial charge on any atom is -0.322 e. The highest BCUT2D eigenvalue weighted by Crippen LogP contribution is 2.24. The predicted octanol–water partition coefficient (Wildman–Crippen LogP) is 6.45. The number of carbonyl (C=O) groups is 2. The van der Waals surface area contributed by atoms with Gasteiger partial charge in [0.2, 0.25) is 5.91 Å². The Balaban J connectivity index is 0.000000348. The fourth-order valence-corrected chi connectivity index (χ4v) is 4.99. The van der Waals surface area contributed by atoms with E-state index in [0.29, 0.717) is 16.0 Å². The van der Waals surface area contributed by atoms with Gasteiger partial charge in [0.15, 0.2) is 0 Å². The fourth-order valence-electron chi connectivity index (χ4n) is 3.36. The van der Waals surface area contributed by atoms with Crippen molar-refractivity contribution in [2.75, 3.05) is 10.6 Å². The summed E-state index contributed by atoms with van der Waals surface area (Å²) in [4.78, 5) is 40.6. The van der Waals surface area contributed by atoms with E-state index in [1.165, 1.54) is 29.6 Å².